The minimum absolute atomic E-state index is 0.0437. The Morgan fingerprint density at radius 1 is 1.00 bits per heavy atom. The second-order valence-corrected chi connectivity index (χ2v) is 10.0. The van der Waals surface area contributed by atoms with Crippen LogP contribution in [0.25, 0.3) is 10.6 Å². The van der Waals surface area contributed by atoms with E-state index in [0.29, 0.717) is 18.9 Å². The van der Waals surface area contributed by atoms with E-state index in [-0.39, 0.29) is 17.4 Å². The second-order valence-electron chi connectivity index (χ2n) is 8.87. The molecule has 0 spiro atoms. The predicted molar refractivity (Wildman–Crippen MR) is 142 cm³/mol. The molecule has 0 fully saturated rings. The first-order chi connectivity index (χ1) is 17.3. The number of nitrogens with one attached hydrogen (secondary N) is 1. The molecule has 1 amide bonds. The zero-order chi connectivity index (χ0) is 25.7. The molecule has 7 nitrogen and oxygen atoms in total. The summed E-state index contributed by atoms with van der Waals surface area (Å²) in [4.78, 5) is 37.0. The van der Waals surface area contributed by atoms with Gasteiger partial charge in [0.05, 0.1) is 22.7 Å². The van der Waals surface area contributed by atoms with Gasteiger partial charge in [-0.15, -0.1) is 11.3 Å². The van der Waals surface area contributed by atoms with Crippen molar-refractivity contribution in [1.29, 1.82) is 0 Å². The molecule has 0 bridgehead atoms. The van der Waals surface area contributed by atoms with E-state index in [1.165, 1.54) is 0 Å². The van der Waals surface area contributed by atoms with Crippen LogP contribution in [0.1, 0.15) is 40.2 Å². The molecule has 1 aromatic carbocycles. The number of thiophene rings is 1. The van der Waals surface area contributed by atoms with E-state index in [1.807, 2.05) is 68.1 Å². The highest BCUT2D eigenvalue weighted by atomic mass is 32.1. The zero-order valence-corrected chi connectivity index (χ0v) is 21.2. The molecule has 0 atom stereocenters. The number of carbonyl (C=O) groups is 2. The fraction of sp³-hybridized carbons (Fsp3) is 0.214. The number of nitrogens with zero attached hydrogens (tertiary/aromatic N) is 3. The van der Waals surface area contributed by atoms with Gasteiger partial charge in [-0.3, -0.25) is 4.79 Å². The summed E-state index contributed by atoms with van der Waals surface area (Å²) in [7, 11) is 0. The molecule has 4 aromatic rings. The first-order valence-corrected chi connectivity index (χ1v) is 12.5. The number of aryl methyl sites for hydroxylation is 1. The van der Waals surface area contributed by atoms with Crippen molar-refractivity contribution >= 4 is 34.8 Å². The van der Waals surface area contributed by atoms with Gasteiger partial charge in [-0.05, 0) is 66.6 Å². The van der Waals surface area contributed by atoms with Gasteiger partial charge in [-0.1, -0.05) is 32.0 Å². The fourth-order valence-electron chi connectivity index (χ4n) is 3.72. The highest BCUT2D eigenvalue weighted by Gasteiger charge is 2.19. The van der Waals surface area contributed by atoms with Crippen LogP contribution in [0.3, 0.4) is 0 Å². The van der Waals surface area contributed by atoms with Crippen molar-refractivity contribution in [2.24, 2.45) is 5.92 Å². The third-order valence-electron chi connectivity index (χ3n) is 5.56. The van der Waals surface area contributed by atoms with Gasteiger partial charge < -0.3 is 15.3 Å². The summed E-state index contributed by atoms with van der Waals surface area (Å²) >= 11 is 1.60. The van der Waals surface area contributed by atoms with Crippen molar-refractivity contribution < 1.29 is 14.7 Å². The minimum Gasteiger partial charge on any atom is -0.478 e. The molecular formula is C28H28N4O3S. The molecule has 0 saturated carbocycles. The molecule has 36 heavy (non-hydrogen) atoms. The molecule has 2 N–H and O–H groups in total. The molecule has 184 valence electrons. The maximum Gasteiger partial charge on any atom is 0.335 e. The first kappa shape index (κ1) is 25.1. The largest absolute Gasteiger partial charge is 0.478 e. The van der Waals surface area contributed by atoms with Gasteiger partial charge in [-0.25, -0.2) is 14.8 Å². The number of carbonyl (C=O) groups excluding carboxylic acids is 1. The standard InChI is InChI=1S/C28H28N4O3S/c1-18(2)27(33)32(16-20-7-9-21(10-8-20)28(34)35)17-22-11-12-24(36-22)23-5-4-6-25(30-23)31-26-15-19(3)13-14-29-26/h4-15,18H,16-17H2,1-3H3,(H,34,35)(H,29,30,31). The number of amides is 1. The Bertz CT molecular complexity index is 1370. The van der Waals surface area contributed by atoms with Crippen LogP contribution >= 0.6 is 11.3 Å². The van der Waals surface area contributed by atoms with Gasteiger partial charge in [-0.2, -0.15) is 0 Å². The Morgan fingerprint density at radius 3 is 2.47 bits per heavy atom. The van der Waals surface area contributed by atoms with Gasteiger partial charge in [0.15, 0.2) is 0 Å². The number of carboxylic acid groups (broad SMARTS) is 1. The van der Waals surface area contributed by atoms with Crippen molar-refractivity contribution in [3.63, 3.8) is 0 Å². The third-order valence-corrected chi connectivity index (χ3v) is 6.65. The summed E-state index contributed by atoms with van der Waals surface area (Å²) in [5, 5.41) is 12.4. The third kappa shape index (κ3) is 6.34. The van der Waals surface area contributed by atoms with Crippen LogP contribution < -0.4 is 5.32 Å². The Kier molecular flexibility index (Phi) is 7.75. The van der Waals surface area contributed by atoms with Crippen molar-refractivity contribution in [3.05, 3.63) is 94.5 Å². The SMILES string of the molecule is Cc1ccnc(Nc2cccc(-c3ccc(CN(Cc4ccc(C(=O)O)cc4)C(=O)C(C)C)s3)n2)c1. The van der Waals surface area contributed by atoms with Gasteiger partial charge in [0.1, 0.15) is 11.6 Å². The summed E-state index contributed by atoms with van der Waals surface area (Å²) in [6.45, 7) is 6.66. The van der Waals surface area contributed by atoms with Gasteiger partial charge >= 0.3 is 5.97 Å². The van der Waals surface area contributed by atoms with Crippen LogP contribution in [0.2, 0.25) is 0 Å². The maximum atomic E-state index is 13.0. The molecule has 0 aliphatic heterocycles. The summed E-state index contributed by atoms with van der Waals surface area (Å²) < 4.78 is 0. The molecule has 0 aliphatic rings. The average Bonchev–Trinajstić information content (AvgIpc) is 3.32. The topological polar surface area (TPSA) is 95.4 Å². The van der Waals surface area contributed by atoms with Crippen molar-refractivity contribution in [1.82, 2.24) is 14.9 Å². The Labute approximate surface area is 214 Å². The predicted octanol–water partition coefficient (Wildman–Crippen LogP) is 6.14. The van der Waals surface area contributed by atoms with Gasteiger partial charge in [0.2, 0.25) is 5.91 Å². The Morgan fingerprint density at radius 2 is 1.78 bits per heavy atom. The van der Waals surface area contributed by atoms with Gasteiger partial charge in [0, 0.05) is 23.5 Å². The quantitative estimate of drug-likeness (QED) is 0.287. The number of aromatic nitrogens is 2. The lowest BCUT2D eigenvalue weighted by molar-refractivity contribution is -0.135. The fourth-order valence-corrected chi connectivity index (χ4v) is 4.71. The van der Waals surface area contributed by atoms with Crippen molar-refractivity contribution in [2.45, 2.75) is 33.9 Å². The van der Waals surface area contributed by atoms with E-state index in [1.54, 1.807) is 41.8 Å². The maximum absolute atomic E-state index is 13.0. The molecule has 3 aromatic heterocycles. The van der Waals surface area contributed by atoms with E-state index in [4.69, 9.17) is 10.1 Å². The van der Waals surface area contributed by atoms with Gasteiger partial charge in [0.25, 0.3) is 0 Å². The number of hydrogen-bond acceptors (Lipinski definition) is 6. The Balaban J connectivity index is 1.50. The Hall–Kier alpha value is -4.04. The van der Waals surface area contributed by atoms with Crippen LogP contribution in [-0.2, 0) is 17.9 Å². The number of anilines is 2. The van der Waals surface area contributed by atoms with Crippen LogP contribution in [-0.4, -0.2) is 31.9 Å². The van der Waals surface area contributed by atoms with Crippen LogP contribution in [0, 0.1) is 12.8 Å². The van der Waals surface area contributed by atoms with E-state index < -0.39 is 5.97 Å². The number of aromatic carboxylic acids is 1. The second kappa shape index (κ2) is 11.1. The number of carboxylic acids is 1. The summed E-state index contributed by atoms with van der Waals surface area (Å²) in [5.74, 6) is 0.378. The molecule has 0 unspecified atom stereocenters. The molecule has 0 radical (unpaired) electrons. The van der Waals surface area contributed by atoms with Crippen molar-refractivity contribution in [2.75, 3.05) is 5.32 Å². The minimum atomic E-state index is -0.967. The van der Waals surface area contributed by atoms with Crippen LogP contribution in [0.15, 0.2) is 72.9 Å². The molecule has 3 heterocycles. The lowest BCUT2D eigenvalue weighted by Crippen LogP contribution is -2.33. The molecule has 8 heteroatoms. The average molecular weight is 501 g/mol. The lowest BCUT2D eigenvalue weighted by Gasteiger charge is -2.24. The molecule has 0 saturated heterocycles. The number of benzene rings is 1. The number of hydrogen-bond donors (Lipinski definition) is 2. The van der Waals surface area contributed by atoms with Crippen LogP contribution in [0.4, 0.5) is 11.6 Å². The highest BCUT2D eigenvalue weighted by molar-refractivity contribution is 7.15. The summed E-state index contributed by atoms with van der Waals surface area (Å²) in [6, 6.07) is 20.4. The first-order valence-electron chi connectivity index (χ1n) is 11.7. The number of pyridine rings is 2. The molecule has 4 rings (SSSR count). The van der Waals surface area contributed by atoms with E-state index >= 15 is 0 Å². The molecular weight excluding hydrogens is 472 g/mol. The van der Waals surface area contributed by atoms with E-state index in [0.717, 1.165) is 32.4 Å². The smallest absolute Gasteiger partial charge is 0.335 e. The van der Waals surface area contributed by atoms with E-state index in [2.05, 4.69) is 10.3 Å². The zero-order valence-electron chi connectivity index (χ0n) is 20.4. The number of rotatable bonds is 9. The summed E-state index contributed by atoms with van der Waals surface area (Å²) in [6.07, 6.45) is 1.76. The normalized spacial score (nSPS) is 10.9. The van der Waals surface area contributed by atoms with Crippen molar-refractivity contribution in [3.8, 4) is 10.6 Å². The molecule has 0 aliphatic carbocycles. The monoisotopic (exact) mass is 500 g/mol. The van der Waals surface area contributed by atoms with Crippen LogP contribution in [0.5, 0.6) is 0 Å². The lowest BCUT2D eigenvalue weighted by atomic mass is 10.1. The van der Waals surface area contributed by atoms with E-state index in [9.17, 15) is 9.59 Å². The summed E-state index contributed by atoms with van der Waals surface area (Å²) in [5.41, 5.74) is 3.07. The highest BCUT2D eigenvalue weighted by Crippen LogP contribution is 2.29.